The Labute approximate surface area is 254 Å². The van der Waals surface area contributed by atoms with E-state index >= 15 is 0 Å². The van der Waals surface area contributed by atoms with Gasteiger partial charge in [0, 0.05) is 39.8 Å². The molecule has 0 radical (unpaired) electrons. The molecular formula is C32H33Cl2N3O3S. The second-order valence-corrected chi connectivity index (χ2v) is 12.3. The molecule has 5 rings (SSSR count). The van der Waals surface area contributed by atoms with Crippen LogP contribution in [0.15, 0.2) is 58.7 Å². The van der Waals surface area contributed by atoms with Crippen LogP contribution in [-0.2, 0) is 6.42 Å². The topological polar surface area (TPSA) is 64.4 Å². The molecule has 0 aliphatic carbocycles. The Bertz CT molecular complexity index is 1610. The molecular weight excluding hydrogens is 577 g/mol. The fourth-order valence-corrected chi connectivity index (χ4v) is 6.32. The van der Waals surface area contributed by atoms with Crippen LogP contribution in [0.2, 0.25) is 10.0 Å². The molecule has 1 aliphatic rings. The van der Waals surface area contributed by atoms with Crippen molar-refractivity contribution in [2.75, 3.05) is 19.7 Å². The van der Waals surface area contributed by atoms with Gasteiger partial charge >= 0.3 is 0 Å². The standard InChI is InChI=1S/C32H33Cl2N3O3S/c1-4-40-29-13-12-23(34)17-28(29)37-27(16-20(2)3)24(31(38)36-14-6-5-7-15-36)18-25(32(37)39)30-35-26(19-41-30)21-8-10-22(33)11-9-21/h8-13,17-20H,4-7,14-16H2,1-3H3. The van der Waals surface area contributed by atoms with E-state index in [1.807, 2.05) is 41.5 Å². The number of carbonyl (C=O) groups is 1. The number of halogens is 2. The SMILES string of the molecule is CCOc1ccc(Cl)cc1-n1c(CC(C)C)c(C(=O)N2CCCCC2)cc(-c2nc(-c3ccc(Cl)cc3)cs2)c1=O. The van der Waals surface area contributed by atoms with E-state index in [-0.39, 0.29) is 17.4 Å². The molecule has 4 aromatic rings. The predicted octanol–water partition coefficient (Wildman–Crippen LogP) is 8.16. The van der Waals surface area contributed by atoms with Crippen LogP contribution in [0.3, 0.4) is 0 Å². The summed E-state index contributed by atoms with van der Waals surface area (Å²) in [5.41, 5.74) is 3.42. The summed E-state index contributed by atoms with van der Waals surface area (Å²) in [6, 6.07) is 14.4. The molecule has 41 heavy (non-hydrogen) atoms. The summed E-state index contributed by atoms with van der Waals surface area (Å²) in [5.74, 6) is 0.647. The first-order valence-corrected chi connectivity index (χ1v) is 15.6. The Morgan fingerprint density at radius 2 is 1.73 bits per heavy atom. The van der Waals surface area contributed by atoms with Crippen molar-refractivity contribution in [3.05, 3.63) is 85.6 Å². The lowest BCUT2D eigenvalue weighted by Gasteiger charge is -2.29. The predicted molar refractivity (Wildman–Crippen MR) is 168 cm³/mol. The van der Waals surface area contributed by atoms with Gasteiger partial charge < -0.3 is 9.64 Å². The third-order valence-electron chi connectivity index (χ3n) is 7.11. The van der Waals surface area contributed by atoms with Crippen LogP contribution in [0.1, 0.15) is 56.1 Å². The zero-order valence-electron chi connectivity index (χ0n) is 23.5. The van der Waals surface area contributed by atoms with Gasteiger partial charge in [-0.3, -0.25) is 14.2 Å². The summed E-state index contributed by atoms with van der Waals surface area (Å²) < 4.78 is 7.59. The lowest BCUT2D eigenvalue weighted by atomic mass is 9.98. The molecule has 6 nitrogen and oxygen atoms in total. The summed E-state index contributed by atoms with van der Waals surface area (Å²) in [4.78, 5) is 35.4. The van der Waals surface area contributed by atoms with Gasteiger partial charge in [-0.15, -0.1) is 11.3 Å². The molecule has 3 heterocycles. The number of hydrogen-bond acceptors (Lipinski definition) is 5. The first-order valence-electron chi connectivity index (χ1n) is 14.0. The van der Waals surface area contributed by atoms with E-state index in [1.165, 1.54) is 11.3 Å². The van der Waals surface area contributed by atoms with E-state index in [9.17, 15) is 9.59 Å². The Kier molecular flexibility index (Phi) is 9.17. The Balaban J connectivity index is 1.77. The molecule has 1 fully saturated rings. The lowest BCUT2D eigenvalue weighted by molar-refractivity contribution is 0.0722. The number of ether oxygens (including phenoxy) is 1. The van der Waals surface area contributed by atoms with Crippen molar-refractivity contribution in [2.45, 2.75) is 46.5 Å². The fourth-order valence-electron chi connectivity index (χ4n) is 5.19. The molecule has 9 heteroatoms. The van der Waals surface area contributed by atoms with Gasteiger partial charge in [0.05, 0.1) is 29.1 Å². The number of pyridine rings is 1. The molecule has 0 spiro atoms. The van der Waals surface area contributed by atoms with Gasteiger partial charge in [-0.25, -0.2) is 4.98 Å². The lowest BCUT2D eigenvalue weighted by Crippen LogP contribution is -2.38. The molecule has 2 aromatic carbocycles. The molecule has 214 valence electrons. The van der Waals surface area contributed by atoms with Gasteiger partial charge in [-0.2, -0.15) is 0 Å². The number of piperidine rings is 1. The van der Waals surface area contributed by atoms with Crippen molar-refractivity contribution < 1.29 is 9.53 Å². The minimum absolute atomic E-state index is 0.0650. The molecule has 1 saturated heterocycles. The van der Waals surface area contributed by atoms with E-state index in [4.69, 9.17) is 32.9 Å². The summed E-state index contributed by atoms with van der Waals surface area (Å²) in [7, 11) is 0. The van der Waals surface area contributed by atoms with Crippen LogP contribution < -0.4 is 10.3 Å². The van der Waals surface area contributed by atoms with E-state index in [0.717, 1.165) is 30.5 Å². The molecule has 0 unspecified atom stereocenters. The Hall–Kier alpha value is -3.13. The highest BCUT2D eigenvalue weighted by Gasteiger charge is 2.28. The first kappa shape index (κ1) is 29.4. The maximum atomic E-state index is 14.5. The zero-order chi connectivity index (χ0) is 29.1. The monoisotopic (exact) mass is 609 g/mol. The minimum atomic E-state index is -0.268. The van der Waals surface area contributed by atoms with Gasteiger partial charge in [0.1, 0.15) is 10.8 Å². The second-order valence-electron chi connectivity index (χ2n) is 10.6. The van der Waals surface area contributed by atoms with Crippen LogP contribution in [-0.4, -0.2) is 40.1 Å². The second kappa shape index (κ2) is 12.8. The van der Waals surface area contributed by atoms with Crippen molar-refractivity contribution in [1.82, 2.24) is 14.5 Å². The number of amides is 1. The average molecular weight is 611 g/mol. The number of benzene rings is 2. The number of aromatic nitrogens is 2. The maximum absolute atomic E-state index is 14.5. The van der Waals surface area contributed by atoms with Crippen LogP contribution in [0, 0.1) is 5.92 Å². The quantitative estimate of drug-likeness (QED) is 0.202. The van der Waals surface area contributed by atoms with Gasteiger partial charge in [0.15, 0.2) is 0 Å². The number of carbonyl (C=O) groups excluding carboxylic acids is 1. The highest BCUT2D eigenvalue weighted by atomic mass is 35.5. The average Bonchev–Trinajstić information content (AvgIpc) is 3.45. The van der Waals surface area contributed by atoms with E-state index < -0.39 is 0 Å². The first-order chi connectivity index (χ1) is 19.8. The normalized spacial score (nSPS) is 13.6. The third-order valence-corrected chi connectivity index (χ3v) is 8.48. The van der Waals surface area contributed by atoms with Gasteiger partial charge in [-0.05, 0) is 74.9 Å². The fraction of sp³-hybridized carbons (Fsp3) is 0.344. The summed E-state index contributed by atoms with van der Waals surface area (Å²) >= 11 is 13.9. The number of hydrogen-bond donors (Lipinski definition) is 0. The Morgan fingerprint density at radius 3 is 2.41 bits per heavy atom. The summed E-state index contributed by atoms with van der Waals surface area (Å²) in [6.45, 7) is 7.88. The summed E-state index contributed by atoms with van der Waals surface area (Å²) in [5, 5.41) is 3.57. The van der Waals surface area contributed by atoms with E-state index in [0.29, 0.717) is 69.4 Å². The molecule has 1 amide bonds. The van der Waals surface area contributed by atoms with Gasteiger partial charge in [0.2, 0.25) is 0 Å². The van der Waals surface area contributed by atoms with Crippen LogP contribution in [0.5, 0.6) is 5.75 Å². The molecule has 1 aliphatic heterocycles. The van der Waals surface area contributed by atoms with Gasteiger partial charge in [0.25, 0.3) is 11.5 Å². The number of thiazole rings is 1. The highest BCUT2D eigenvalue weighted by molar-refractivity contribution is 7.13. The van der Waals surface area contributed by atoms with Crippen LogP contribution in [0.4, 0.5) is 0 Å². The van der Waals surface area contributed by atoms with E-state index in [2.05, 4.69) is 13.8 Å². The maximum Gasteiger partial charge on any atom is 0.265 e. The van der Waals surface area contributed by atoms with Crippen molar-refractivity contribution in [3.8, 4) is 33.3 Å². The smallest absolute Gasteiger partial charge is 0.265 e. The van der Waals surface area contributed by atoms with Crippen molar-refractivity contribution in [1.29, 1.82) is 0 Å². The summed E-state index contributed by atoms with van der Waals surface area (Å²) in [6.07, 6.45) is 3.57. The third kappa shape index (κ3) is 6.37. The van der Waals surface area contributed by atoms with Crippen LogP contribution in [0.25, 0.3) is 27.5 Å². The van der Waals surface area contributed by atoms with Crippen LogP contribution >= 0.6 is 34.5 Å². The highest BCUT2D eigenvalue weighted by Crippen LogP contribution is 2.33. The molecule has 0 saturated carbocycles. The van der Waals surface area contributed by atoms with Crippen molar-refractivity contribution in [2.24, 2.45) is 5.92 Å². The zero-order valence-corrected chi connectivity index (χ0v) is 25.8. The number of nitrogens with zero attached hydrogens (tertiary/aromatic N) is 3. The molecule has 0 N–H and O–H groups in total. The minimum Gasteiger partial charge on any atom is -0.492 e. The molecule has 0 atom stereocenters. The number of rotatable bonds is 8. The van der Waals surface area contributed by atoms with Crippen molar-refractivity contribution >= 4 is 40.4 Å². The number of likely N-dealkylation sites (tertiary alicyclic amines) is 1. The molecule has 2 aromatic heterocycles. The van der Waals surface area contributed by atoms with Crippen molar-refractivity contribution in [3.63, 3.8) is 0 Å². The molecule has 0 bridgehead atoms. The Morgan fingerprint density at radius 1 is 1.02 bits per heavy atom. The largest absolute Gasteiger partial charge is 0.492 e. The van der Waals surface area contributed by atoms with Gasteiger partial charge in [-0.1, -0.05) is 49.2 Å². The van der Waals surface area contributed by atoms with E-state index in [1.54, 1.807) is 28.8 Å².